The molecule has 1 N–H and O–H groups in total. The number of amides is 1. The molecule has 1 saturated heterocycles. The minimum atomic E-state index is -0.400. The largest absolute Gasteiger partial charge is 0.366 e. The summed E-state index contributed by atoms with van der Waals surface area (Å²) in [6, 6.07) is 4.75. The van der Waals surface area contributed by atoms with Gasteiger partial charge in [0.1, 0.15) is 5.69 Å². The van der Waals surface area contributed by atoms with E-state index in [1.165, 1.54) is 22.3 Å². The van der Waals surface area contributed by atoms with Crippen molar-refractivity contribution >= 4 is 33.8 Å². The number of nitrogens with one attached hydrogen (secondary N) is 1. The molecule has 0 radical (unpaired) electrons. The molecule has 0 bridgehead atoms. The van der Waals surface area contributed by atoms with Gasteiger partial charge >= 0.3 is 0 Å². The summed E-state index contributed by atoms with van der Waals surface area (Å²) in [6.07, 6.45) is 7.49. The SMILES string of the molecule is O=C(Nc1nc2c(s1)CCCC2)c1ccc(N2CCCCC2)c([N+](=O)[O-])c1. The summed E-state index contributed by atoms with van der Waals surface area (Å²) < 4.78 is 0. The number of benzene rings is 1. The third-order valence-electron chi connectivity index (χ3n) is 5.20. The minimum absolute atomic E-state index is 0.0111. The van der Waals surface area contributed by atoms with Gasteiger partial charge in [0, 0.05) is 29.6 Å². The Morgan fingerprint density at radius 3 is 2.67 bits per heavy atom. The van der Waals surface area contributed by atoms with Crippen molar-refractivity contribution in [2.75, 3.05) is 23.3 Å². The van der Waals surface area contributed by atoms with Crippen LogP contribution in [0.2, 0.25) is 0 Å². The predicted molar refractivity (Wildman–Crippen MR) is 106 cm³/mol. The first-order valence-corrected chi connectivity index (χ1v) is 10.3. The van der Waals surface area contributed by atoms with E-state index in [0.717, 1.165) is 63.7 Å². The summed E-state index contributed by atoms with van der Waals surface area (Å²) in [5.41, 5.74) is 1.95. The highest BCUT2D eigenvalue weighted by molar-refractivity contribution is 7.15. The van der Waals surface area contributed by atoms with Crippen molar-refractivity contribution < 1.29 is 9.72 Å². The molecule has 1 aliphatic heterocycles. The van der Waals surface area contributed by atoms with Gasteiger partial charge in [0.05, 0.1) is 10.6 Å². The van der Waals surface area contributed by atoms with Crippen LogP contribution in [-0.2, 0) is 12.8 Å². The van der Waals surface area contributed by atoms with Crippen LogP contribution in [-0.4, -0.2) is 28.9 Å². The van der Waals surface area contributed by atoms with Crippen molar-refractivity contribution in [3.05, 3.63) is 44.4 Å². The fourth-order valence-electron chi connectivity index (χ4n) is 3.79. The number of anilines is 2. The summed E-state index contributed by atoms with van der Waals surface area (Å²) in [5.74, 6) is -0.352. The molecule has 1 aromatic heterocycles. The Balaban J connectivity index is 1.55. The lowest BCUT2D eigenvalue weighted by Gasteiger charge is -2.28. The Labute approximate surface area is 161 Å². The zero-order valence-electron chi connectivity index (χ0n) is 15.1. The number of carbonyl (C=O) groups excluding carboxylic acids is 1. The minimum Gasteiger partial charge on any atom is -0.366 e. The van der Waals surface area contributed by atoms with E-state index < -0.39 is 4.92 Å². The van der Waals surface area contributed by atoms with Crippen molar-refractivity contribution in [3.8, 4) is 0 Å². The van der Waals surface area contributed by atoms with E-state index >= 15 is 0 Å². The van der Waals surface area contributed by atoms with Gasteiger partial charge in [-0.15, -0.1) is 11.3 Å². The summed E-state index contributed by atoms with van der Waals surface area (Å²) in [5, 5.41) is 15.0. The number of carbonyl (C=O) groups is 1. The molecule has 1 amide bonds. The first kappa shape index (κ1) is 17.9. The van der Waals surface area contributed by atoms with Gasteiger partial charge in [-0.2, -0.15) is 0 Å². The number of aromatic nitrogens is 1. The zero-order chi connectivity index (χ0) is 18.8. The van der Waals surface area contributed by atoms with Crippen LogP contribution in [0.3, 0.4) is 0 Å². The van der Waals surface area contributed by atoms with Gasteiger partial charge in [-0.1, -0.05) is 0 Å². The second-order valence-electron chi connectivity index (χ2n) is 7.06. The topological polar surface area (TPSA) is 88.4 Å². The highest BCUT2D eigenvalue weighted by Gasteiger charge is 2.24. The van der Waals surface area contributed by atoms with Crippen molar-refractivity contribution in [1.29, 1.82) is 0 Å². The molecule has 2 aliphatic rings. The number of thiazole rings is 1. The van der Waals surface area contributed by atoms with Crippen molar-refractivity contribution in [1.82, 2.24) is 4.98 Å². The van der Waals surface area contributed by atoms with Crippen LogP contribution in [0.15, 0.2) is 18.2 Å². The van der Waals surface area contributed by atoms with E-state index in [4.69, 9.17) is 0 Å². The Hall–Kier alpha value is -2.48. The summed E-state index contributed by atoms with van der Waals surface area (Å²) >= 11 is 1.51. The molecule has 0 unspecified atom stereocenters. The van der Waals surface area contributed by atoms with E-state index in [2.05, 4.69) is 10.3 Å². The maximum absolute atomic E-state index is 12.6. The number of fused-ring (bicyclic) bond motifs is 1. The molecule has 1 fully saturated rings. The quantitative estimate of drug-likeness (QED) is 0.629. The second-order valence-corrected chi connectivity index (χ2v) is 8.14. The van der Waals surface area contributed by atoms with Gasteiger partial charge in [-0.25, -0.2) is 4.98 Å². The Bertz CT molecular complexity index is 850. The maximum atomic E-state index is 12.6. The molecule has 0 atom stereocenters. The summed E-state index contributed by atoms with van der Waals surface area (Å²) in [7, 11) is 0. The highest BCUT2D eigenvalue weighted by Crippen LogP contribution is 2.33. The van der Waals surface area contributed by atoms with Crippen LogP contribution in [0.4, 0.5) is 16.5 Å². The monoisotopic (exact) mass is 386 g/mol. The van der Waals surface area contributed by atoms with E-state index in [0.29, 0.717) is 10.8 Å². The fraction of sp³-hybridized carbons (Fsp3) is 0.474. The lowest BCUT2D eigenvalue weighted by molar-refractivity contribution is -0.384. The number of hydrogen-bond acceptors (Lipinski definition) is 6. The first-order valence-electron chi connectivity index (χ1n) is 9.45. The van der Waals surface area contributed by atoms with Crippen LogP contribution < -0.4 is 10.2 Å². The lowest BCUT2D eigenvalue weighted by atomic mass is 10.0. The molecule has 142 valence electrons. The number of hydrogen-bond donors (Lipinski definition) is 1. The van der Waals surface area contributed by atoms with Gasteiger partial charge in [-0.3, -0.25) is 20.2 Å². The van der Waals surface area contributed by atoms with Crippen LogP contribution in [0.5, 0.6) is 0 Å². The number of rotatable bonds is 4. The highest BCUT2D eigenvalue weighted by atomic mass is 32.1. The van der Waals surface area contributed by atoms with E-state index in [1.807, 2.05) is 4.90 Å². The Morgan fingerprint density at radius 2 is 1.93 bits per heavy atom. The molecular formula is C19H22N4O3S. The van der Waals surface area contributed by atoms with E-state index in [-0.39, 0.29) is 17.2 Å². The fourth-order valence-corrected chi connectivity index (χ4v) is 4.83. The third-order valence-corrected chi connectivity index (χ3v) is 6.27. The molecule has 1 aliphatic carbocycles. The maximum Gasteiger partial charge on any atom is 0.293 e. The van der Waals surface area contributed by atoms with Crippen LogP contribution in [0.1, 0.15) is 53.0 Å². The number of nitrogens with zero attached hydrogens (tertiary/aromatic N) is 3. The molecule has 4 rings (SSSR count). The van der Waals surface area contributed by atoms with Gasteiger partial charge < -0.3 is 4.90 Å². The average molecular weight is 386 g/mol. The molecule has 0 saturated carbocycles. The van der Waals surface area contributed by atoms with Gasteiger partial charge in [0.25, 0.3) is 11.6 Å². The number of piperidine rings is 1. The van der Waals surface area contributed by atoms with Crippen LogP contribution in [0.25, 0.3) is 0 Å². The average Bonchev–Trinajstić information content (AvgIpc) is 3.10. The summed E-state index contributed by atoms with van der Waals surface area (Å²) in [4.78, 5) is 31.6. The normalized spacial score (nSPS) is 16.7. The van der Waals surface area contributed by atoms with Gasteiger partial charge in [0.2, 0.25) is 0 Å². The molecular weight excluding hydrogens is 364 g/mol. The molecule has 7 nitrogen and oxygen atoms in total. The Kier molecular flexibility index (Phi) is 5.07. The van der Waals surface area contributed by atoms with Crippen molar-refractivity contribution in [2.45, 2.75) is 44.9 Å². The van der Waals surface area contributed by atoms with Crippen molar-refractivity contribution in [3.63, 3.8) is 0 Å². The molecule has 27 heavy (non-hydrogen) atoms. The lowest BCUT2D eigenvalue weighted by Crippen LogP contribution is -2.30. The van der Waals surface area contributed by atoms with Crippen LogP contribution >= 0.6 is 11.3 Å². The standard InChI is InChI=1S/C19H22N4O3S/c24-18(21-19-20-14-6-2-3-7-17(14)27-19)13-8-9-15(16(12-13)23(25)26)22-10-4-1-5-11-22/h8-9,12H,1-7,10-11H2,(H,20,21,24). The first-order chi connectivity index (χ1) is 13.1. The molecule has 2 aromatic rings. The van der Waals surface area contributed by atoms with Gasteiger partial charge in [0.15, 0.2) is 5.13 Å². The molecule has 8 heteroatoms. The predicted octanol–water partition coefficient (Wildman–Crippen LogP) is 4.17. The number of aryl methyl sites for hydroxylation is 2. The van der Waals surface area contributed by atoms with E-state index in [9.17, 15) is 14.9 Å². The second kappa shape index (κ2) is 7.64. The van der Waals surface area contributed by atoms with Crippen molar-refractivity contribution in [2.24, 2.45) is 0 Å². The molecule has 0 spiro atoms. The number of nitro benzene ring substituents is 1. The molecule has 2 heterocycles. The Morgan fingerprint density at radius 1 is 1.15 bits per heavy atom. The zero-order valence-corrected chi connectivity index (χ0v) is 15.9. The van der Waals surface area contributed by atoms with Gasteiger partial charge in [-0.05, 0) is 57.1 Å². The summed E-state index contributed by atoms with van der Waals surface area (Å²) in [6.45, 7) is 1.63. The van der Waals surface area contributed by atoms with Crippen LogP contribution in [0, 0.1) is 10.1 Å². The molecule has 1 aromatic carbocycles. The third kappa shape index (κ3) is 3.80. The smallest absolute Gasteiger partial charge is 0.293 e. The van der Waals surface area contributed by atoms with E-state index in [1.54, 1.807) is 12.1 Å². The number of nitro groups is 1.